The molecule has 1 aliphatic heterocycles. The molecule has 0 fully saturated rings. The van der Waals surface area contributed by atoms with Crippen molar-refractivity contribution in [2.24, 2.45) is 0 Å². The molecule has 5 nitrogen and oxygen atoms in total. The minimum Gasteiger partial charge on any atom is -0.269 e. The largest absolute Gasteiger partial charge is 0.366 e. The quantitative estimate of drug-likeness (QED) is 0.492. The first-order chi connectivity index (χ1) is 4.02. The van der Waals surface area contributed by atoms with Gasteiger partial charge in [0.25, 0.3) is 5.91 Å². The fourth-order valence-electron chi connectivity index (χ4n) is 0.387. The topological polar surface area (TPSA) is 74.7 Å². The van der Waals surface area contributed by atoms with Gasteiger partial charge in [-0.3, -0.25) is 9.35 Å². The molecule has 1 rings (SSSR count). The third kappa shape index (κ3) is 0.936. The summed E-state index contributed by atoms with van der Waals surface area (Å²) in [6.45, 7) is 0. The second-order valence-corrected chi connectivity index (χ2v) is 2.72. The van der Waals surface area contributed by atoms with Crippen LogP contribution in [0.4, 0.5) is 0 Å². The number of hydrogen-bond acceptors (Lipinski definition) is 3. The van der Waals surface area contributed by atoms with Crippen LogP contribution in [0.25, 0.3) is 0 Å². The molecule has 6 heteroatoms. The molecular formula is C3H3NO4S. The lowest BCUT2D eigenvalue weighted by molar-refractivity contribution is -0.122. The van der Waals surface area contributed by atoms with E-state index in [1.807, 2.05) is 0 Å². The van der Waals surface area contributed by atoms with Crippen molar-refractivity contribution in [2.75, 3.05) is 0 Å². The van der Waals surface area contributed by atoms with Crippen molar-refractivity contribution in [3.05, 3.63) is 12.3 Å². The Hall–Kier alpha value is -0.880. The molecule has 0 bridgehead atoms. The van der Waals surface area contributed by atoms with Gasteiger partial charge in [0.15, 0.2) is 0 Å². The lowest BCUT2D eigenvalue weighted by atomic mass is 10.4. The minimum atomic E-state index is -4.32. The average molecular weight is 149 g/mol. The van der Waals surface area contributed by atoms with E-state index >= 15 is 0 Å². The summed E-state index contributed by atoms with van der Waals surface area (Å²) < 4.78 is 28.4. The van der Waals surface area contributed by atoms with E-state index in [4.69, 9.17) is 4.55 Å². The first-order valence-corrected chi connectivity index (χ1v) is 3.40. The van der Waals surface area contributed by atoms with Gasteiger partial charge in [-0.05, 0) is 0 Å². The van der Waals surface area contributed by atoms with Crippen molar-refractivity contribution in [1.29, 1.82) is 0 Å². The van der Waals surface area contributed by atoms with Gasteiger partial charge in [0.05, 0.1) is 0 Å². The Bertz CT molecular complexity index is 264. The van der Waals surface area contributed by atoms with Gasteiger partial charge in [0.1, 0.15) is 0 Å². The molecule has 0 radical (unpaired) electrons. The zero-order valence-corrected chi connectivity index (χ0v) is 5.00. The highest BCUT2D eigenvalue weighted by Gasteiger charge is 2.26. The molecule has 0 aromatic carbocycles. The van der Waals surface area contributed by atoms with Gasteiger partial charge in [0, 0.05) is 12.3 Å². The van der Waals surface area contributed by atoms with Crippen LogP contribution < -0.4 is 0 Å². The molecular weight excluding hydrogens is 146 g/mol. The maximum atomic E-state index is 10.2. The van der Waals surface area contributed by atoms with Gasteiger partial charge in [0.2, 0.25) is 0 Å². The summed E-state index contributed by atoms with van der Waals surface area (Å²) >= 11 is 0. The van der Waals surface area contributed by atoms with Crippen LogP contribution in [0.15, 0.2) is 12.3 Å². The van der Waals surface area contributed by atoms with Gasteiger partial charge < -0.3 is 0 Å². The molecule has 1 N–H and O–H groups in total. The Morgan fingerprint density at radius 1 is 1.56 bits per heavy atom. The van der Waals surface area contributed by atoms with Gasteiger partial charge in [-0.2, -0.15) is 12.7 Å². The van der Waals surface area contributed by atoms with Crippen molar-refractivity contribution in [2.45, 2.75) is 0 Å². The summed E-state index contributed by atoms with van der Waals surface area (Å²) in [4.78, 5) is 10.2. The van der Waals surface area contributed by atoms with Crippen LogP contribution in [0.5, 0.6) is 0 Å². The summed E-state index contributed by atoms with van der Waals surface area (Å²) in [5.41, 5.74) is 0. The molecule has 0 saturated carbocycles. The summed E-state index contributed by atoms with van der Waals surface area (Å²) in [6, 6.07) is 0. The van der Waals surface area contributed by atoms with Crippen molar-refractivity contribution >= 4 is 16.2 Å². The highest BCUT2D eigenvalue weighted by molar-refractivity contribution is 7.84. The molecule has 1 heterocycles. The van der Waals surface area contributed by atoms with Gasteiger partial charge in [-0.15, -0.1) is 0 Å². The zero-order valence-electron chi connectivity index (χ0n) is 4.18. The number of rotatable bonds is 1. The molecule has 1 amide bonds. The monoisotopic (exact) mass is 149 g/mol. The first-order valence-electron chi connectivity index (χ1n) is 2.01. The summed E-state index contributed by atoms with van der Waals surface area (Å²) in [5, 5.41) is 0. The number of amides is 1. The van der Waals surface area contributed by atoms with Crippen molar-refractivity contribution in [3.63, 3.8) is 0 Å². The van der Waals surface area contributed by atoms with Crippen LogP contribution in [-0.2, 0) is 15.1 Å². The predicted octanol–water partition coefficient (Wildman–Crippen LogP) is -0.855. The molecule has 0 unspecified atom stereocenters. The molecule has 1 aliphatic rings. The Labute approximate surface area is 51.5 Å². The number of carbonyl (C=O) groups excluding carboxylic acids is 1. The van der Waals surface area contributed by atoms with Crippen LogP contribution in [0.1, 0.15) is 0 Å². The number of carbonyl (C=O) groups is 1. The highest BCUT2D eigenvalue weighted by Crippen LogP contribution is 2.08. The summed E-state index contributed by atoms with van der Waals surface area (Å²) in [6.07, 6.45) is 2.01. The molecule has 9 heavy (non-hydrogen) atoms. The molecule has 0 atom stereocenters. The van der Waals surface area contributed by atoms with Gasteiger partial charge in [-0.25, -0.2) is 0 Å². The van der Waals surface area contributed by atoms with E-state index in [1.54, 1.807) is 0 Å². The first kappa shape index (κ1) is 6.24. The Morgan fingerprint density at radius 2 is 2.11 bits per heavy atom. The Balaban J connectivity index is 2.93. The molecule has 0 saturated heterocycles. The van der Waals surface area contributed by atoms with E-state index < -0.39 is 16.2 Å². The Kier molecular flexibility index (Phi) is 1.07. The molecule has 0 aromatic heterocycles. The van der Waals surface area contributed by atoms with Crippen LogP contribution in [-0.4, -0.2) is 23.2 Å². The standard InChI is InChI=1S/C3H3NO4S/c5-3-1-2-4(3)9(6,7)8/h1-2H,(H,6,7,8). The predicted molar refractivity (Wildman–Crippen MR) is 27.5 cm³/mol. The van der Waals surface area contributed by atoms with E-state index in [1.165, 1.54) is 0 Å². The molecule has 0 aromatic rings. The van der Waals surface area contributed by atoms with E-state index in [0.717, 1.165) is 12.3 Å². The van der Waals surface area contributed by atoms with E-state index in [2.05, 4.69) is 0 Å². The van der Waals surface area contributed by atoms with E-state index in [0.29, 0.717) is 0 Å². The van der Waals surface area contributed by atoms with Crippen molar-refractivity contribution in [3.8, 4) is 0 Å². The smallest absolute Gasteiger partial charge is 0.269 e. The third-order valence-electron chi connectivity index (χ3n) is 0.818. The lowest BCUT2D eigenvalue weighted by Gasteiger charge is -2.17. The molecule has 0 aliphatic carbocycles. The van der Waals surface area contributed by atoms with Gasteiger partial charge in [-0.1, -0.05) is 0 Å². The number of nitrogens with zero attached hydrogens (tertiary/aromatic N) is 1. The average Bonchev–Trinajstić information content (AvgIpc) is 1.57. The fraction of sp³-hybridized carbons (Fsp3) is 0. The Morgan fingerprint density at radius 3 is 2.11 bits per heavy atom. The minimum absolute atomic E-state index is 0.243. The van der Waals surface area contributed by atoms with Crippen molar-refractivity contribution in [1.82, 2.24) is 4.31 Å². The highest BCUT2D eigenvalue weighted by atomic mass is 32.2. The third-order valence-corrected chi connectivity index (χ3v) is 1.62. The summed E-state index contributed by atoms with van der Waals surface area (Å²) in [7, 11) is -4.32. The second-order valence-electron chi connectivity index (χ2n) is 1.43. The maximum absolute atomic E-state index is 10.2. The van der Waals surface area contributed by atoms with E-state index in [-0.39, 0.29) is 4.31 Å². The van der Waals surface area contributed by atoms with Crippen LogP contribution in [0.3, 0.4) is 0 Å². The fourth-order valence-corrected chi connectivity index (χ4v) is 0.890. The van der Waals surface area contributed by atoms with E-state index in [9.17, 15) is 13.2 Å². The second kappa shape index (κ2) is 1.55. The van der Waals surface area contributed by atoms with Gasteiger partial charge >= 0.3 is 10.3 Å². The lowest BCUT2D eigenvalue weighted by Crippen LogP contribution is -2.36. The maximum Gasteiger partial charge on any atom is 0.366 e. The van der Waals surface area contributed by atoms with Crippen molar-refractivity contribution < 1.29 is 17.8 Å². The zero-order chi connectivity index (χ0) is 7.07. The number of hydrogen-bond donors (Lipinski definition) is 1. The summed E-state index contributed by atoms with van der Waals surface area (Å²) in [5.74, 6) is -0.725. The SMILES string of the molecule is O=C1C=CN1S(=O)(=O)O. The molecule has 50 valence electrons. The normalized spacial score (nSPS) is 17.9. The van der Waals surface area contributed by atoms with Crippen LogP contribution in [0, 0.1) is 0 Å². The van der Waals surface area contributed by atoms with Crippen LogP contribution in [0.2, 0.25) is 0 Å². The molecule has 0 spiro atoms. The van der Waals surface area contributed by atoms with Crippen LogP contribution >= 0.6 is 0 Å².